The molecule has 0 saturated heterocycles. The summed E-state index contributed by atoms with van der Waals surface area (Å²) in [7, 11) is 0. The summed E-state index contributed by atoms with van der Waals surface area (Å²) in [6.07, 6.45) is 6.38. The Kier molecular flexibility index (Phi) is 6.43. The Morgan fingerprint density at radius 3 is 1.83 bits per heavy atom. The van der Waals surface area contributed by atoms with Crippen molar-refractivity contribution in [2.24, 2.45) is 0 Å². The van der Waals surface area contributed by atoms with Gasteiger partial charge in [-0.15, -0.1) is 0 Å². The van der Waals surface area contributed by atoms with Crippen LogP contribution in [0.1, 0.15) is 0 Å². The van der Waals surface area contributed by atoms with Crippen LogP contribution in [-0.2, 0) is 0 Å². The van der Waals surface area contributed by atoms with E-state index in [0.717, 1.165) is 39.0 Å². The van der Waals surface area contributed by atoms with E-state index in [2.05, 4.69) is 172 Å². The summed E-state index contributed by atoms with van der Waals surface area (Å²) in [5.41, 5.74) is 9.77. The largest absolute Gasteiger partial charge is 0.456 e. The SMILES string of the molecule is c1ccc(-c2ccc3cccc(-c4ccc(-[n+]5c[n+](-c6ccccc6)c[n+](-c6cccc7oc8ccccc8c67)c5)cc4)c3c2)cc1. The number of para-hydroxylation sites is 2. The van der Waals surface area contributed by atoms with Crippen molar-refractivity contribution in [3.8, 4) is 39.3 Å². The van der Waals surface area contributed by atoms with Crippen LogP contribution < -0.4 is 13.7 Å². The van der Waals surface area contributed by atoms with Crippen molar-refractivity contribution in [1.82, 2.24) is 0 Å². The number of hydrogen-bond acceptors (Lipinski definition) is 1. The van der Waals surface area contributed by atoms with Gasteiger partial charge in [0.2, 0.25) is 17.1 Å². The Bertz CT molecular complexity index is 2550. The molecular weight excluding hydrogens is 574 g/mol. The predicted molar refractivity (Wildman–Crippen MR) is 187 cm³/mol. The second kappa shape index (κ2) is 11.2. The quantitative estimate of drug-likeness (QED) is 0.180. The highest BCUT2D eigenvalue weighted by molar-refractivity contribution is 6.08. The summed E-state index contributed by atoms with van der Waals surface area (Å²) in [6.45, 7) is 0. The number of nitrogens with zero attached hydrogens (tertiary/aromatic N) is 3. The molecule has 0 bridgehead atoms. The molecule has 0 atom stereocenters. The zero-order chi connectivity index (χ0) is 31.2. The molecular formula is C43H30N3O+3. The predicted octanol–water partition coefficient (Wildman–Crippen LogP) is 8.90. The fourth-order valence-electron chi connectivity index (χ4n) is 6.60. The van der Waals surface area contributed by atoms with Gasteiger partial charge in [-0.3, -0.25) is 0 Å². The van der Waals surface area contributed by atoms with Gasteiger partial charge >= 0.3 is 19.0 Å². The summed E-state index contributed by atoms with van der Waals surface area (Å²) in [6, 6.07) is 57.6. The summed E-state index contributed by atoms with van der Waals surface area (Å²) >= 11 is 0. The standard InChI is InChI=1S/C43H30N3O/c1-3-11-31(12-4-1)34-22-21-32-13-9-17-37(39(32)27-34)33-23-25-36(26-24-33)45-28-44(35-14-5-2-6-15-35)29-46(30-45)40-18-10-20-42-43(40)38-16-7-8-19-41(38)47-42/h1-30H/q+3. The van der Waals surface area contributed by atoms with Crippen molar-refractivity contribution in [3.63, 3.8) is 0 Å². The van der Waals surface area contributed by atoms with Crippen LogP contribution in [0.2, 0.25) is 0 Å². The fraction of sp³-hybridized carbons (Fsp3) is 0. The van der Waals surface area contributed by atoms with E-state index < -0.39 is 0 Å². The second-order valence-electron chi connectivity index (χ2n) is 11.8. The zero-order valence-corrected chi connectivity index (χ0v) is 25.6. The van der Waals surface area contributed by atoms with Crippen molar-refractivity contribution in [2.45, 2.75) is 0 Å². The van der Waals surface area contributed by atoms with Crippen LogP contribution in [0.3, 0.4) is 0 Å². The van der Waals surface area contributed by atoms with Crippen LogP contribution in [0.15, 0.2) is 187 Å². The Morgan fingerprint density at radius 2 is 1.02 bits per heavy atom. The van der Waals surface area contributed by atoms with Gasteiger partial charge < -0.3 is 4.42 Å². The van der Waals surface area contributed by atoms with E-state index in [-0.39, 0.29) is 0 Å². The first-order valence-corrected chi connectivity index (χ1v) is 15.8. The Hall–Kier alpha value is -6.39. The van der Waals surface area contributed by atoms with Crippen molar-refractivity contribution in [2.75, 3.05) is 0 Å². The van der Waals surface area contributed by atoms with E-state index >= 15 is 0 Å². The minimum absolute atomic E-state index is 0.868. The lowest BCUT2D eigenvalue weighted by molar-refractivity contribution is -0.857. The maximum absolute atomic E-state index is 6.24. The van der Waals surface area contributed by atoms with E-state index in [1.54, 1.807) is 0 Å². The number of furan rings is 1. The topological polar surface area (TPSA) is 24.8 Å². The minimum atomic E-state index is 0.868. The molecule has 7 aromatic carbocycles. The molecule has 0 spiro atoms. The molecule has 0 aliphatic heterocycles. The van der Waals surface area contributed by atoms with E-state index in [0.29, 0.717) is 0 Å². The maximum atomic E-state index is 6.24. The number of benzene rings is 7. The molecule has 0 saturated carbocycles. The molecule has 4 nitrogen and oxygen atoms in total. The minimum Gasteiger partial charge on any atom is -0.456 e. The lowest BCUT2D eigenvalue weighted by atomic mass is 9.95. The van der Waals surface area contributed by atoms with Gasteiger partial charge in [-0.1, -0.05) is 117 Å². The van der Waals surface area contributed by atoms with Gasteiger partial charge in [0.15, 0.2) is 0 Å². The Labute approximate surface area is 272 Å². The highest BCUT2D eigenvalue weighted by Gasteiger charge is 2.27. The van der Waals surface area contributed by atoms with Crippen molar-refractivity contribution < 1.29 is 18.1 Å². The van der Waals surface area contributed by atoms with Gasteiger partial charge in [-0.2, -0.15) is 0 Å². The molecule has 2 aromatic heterocycles. The highest BCUT2D eigenvalue weighted by atomic mass is 16.3. The zero-order valence-electron chi connectivity index (χ0n) is 25.6. The fourth-order valence-corrected chi connectivity index (χ4v) is 6.60. The van der Waals surface area contributed by atoms with E-state index in [1.807, 2.05) is 24.3 Å². The first-order valence-electron chi connectivity index (χ1n) is 15.8. The molecule has 0 aliphatic carbocycles. The van der Waals surface area contributed by atoms with E-state index in [4.69, 9.17) is 4.42 Å². The Morgan fingerprint density at radius 1 is 0.383 bits per heavy atom. The number of rotatable bonds is 5. The van der Waals surface area contributed by atoms with Crippen LogP contribution in [0.4, 0.5) is 0 Å². The summed E-state index contributed by atoms with van der Waals surface area (Å²) in [5, 5.41) is 4.66. The summed E-state index contributed by atoms with van der Waals surface area (Å²) < 4.78 is 12.7. The average molecular weight is 605 g/mol. The van der Waals surface area contributed by atoms with Crippen LogP contribution in [0.5, 0.6) is 0 Å². The number of fused-ring (bicyclic) bond motifs is 4. The smallest absolute Gasteiger partial charge is 0.428 e. The molecule has 9 rings (SSSR count). The second-order valence-corrected chi connectivity index (χ2v) is 11.8. The molecule has 47 heavy (non-hydrogen) atoms. The van der Waals surface area contributed by atoms with Gasteiger partial charge in [0, 0.05) is 35.7 Å². The van der Waals surface area contributed by atoms with Crippen molar-refractivity contribution in [1.29, 1.82) is 0 Å². The van der Waals surface area contributed by atoms with Gasteiger partial charge in [0.1, 0.15) is 16.6 Å². The third-order valence-electron chi connectivity index (χ3n) is 8.93. The molecule has 0 N–H and O–H groups in total. The number of aromatic nitrogens is 3. The molecule has 0 fully saturated rings. The molecule has 0 aliphatic rings. The van der Waals surface area contributed by atoms with E-state index in [9.17, 15) is 0 Å². The van der Waals surface area contributed by atoms with Crippen LogP contribution >= 0.6 is 0 Å². The molecule has 0 amide bonds. The van der Waals surface area contributed by atoms with Crippen LogP contribution in [0, 0.1) is 0 Å². The summed E-state index contributed by atoms with van der Waals surface area (Å²) in [5.74, 6) is 0. The van der Waals surface area contributed by atoms with Crippen molar-refractivity contribution in [3.05, 3.63) is 183 Å². The highest BCUT2D eigenvalue weighted by Crippen LogP contribution is 2.33. The first kappa shape index (κ1) is 27.0. The molecule has 4 heteroatoms. The van der Waals surface area contributed by atoms with Gasteiger partial charge in [0.05, 0.1) is 0 Å². The third kappa shape index (κ3) is 4.84. The first-order chi connectivity index (χ1) is 23.3. The third-order valence-corrected chi connectivity index (χ3v) is 8.93. The lowest BCUT2D eigenvalue weighted by Crippen LogP contribution is -2.55. The normalized spacial score (nSPS) is 11.4. The molecule has 2 heterocycles. The Balaban J connectivity index is 1.17. The van der Waals surface area contributed by atoms with Crippen molar-refractivity contribution >= 4 is 32.7 Å². The molecule has 0 unspecified atom stereocenters. The summed E-state index contributed by atoms with van der Waals surface area (Å²) in [4.78, 5) is 0. The molecule has 220 valence electrons. The van der Waals surface area contributed by atoms with Crippen LogP contribution in [-0.4, -0.2) is 0 Å². The van der Waals surface area contributed by atoms with Gasteiger partial charge in [-0.05, 0) is 63.4 Å². The van der Waals surface area contributed by atoms with E-state index in [1.165, 1.54) is 33.0 Å². The molecule has 0 radical (unpaired) electrons. The molecule has 9 aromatic rings. The van der Waals surface area contributed by atoms with Crippen LogP contribution in [0.25, 0.3) is 72.0 Å². The van der Waals surface area contributed by atoms with Gasteiger partial charge in [0.25, 0.3) is 0 Å². The average Bonchev–Trinajstić information content (AvgIpc) is 3.54. The van der Waals surface area contributed by atoms with Gasteiger partial charge in [-0.25, -0.2) is 0 Å². The maximum Gasteiger partial charge on any atom is 0.428 e. The number of hydrogen-bond donors (Lipinski definition) is 0. The monoisotopic (exact) mass is 604 g/mol. The lowest BCUT2D eigenvalue weighted by Gasteiger charge is -2.10.